The number of hydrogen-bond acceptors (Lipinski definition) is 6. The summed E-state index contributed by atoms with van der Waals surface area (Å²) >= 11 is 0. The molecule has 0 saturated heterocycles. The van der Waals surface area contributed by atoms with Crippen molar-refractivity contribution in [2.45, 2.75) is 148 Å². The average molecular weight is 667 g/mol. The normalized spacial score (nSPS) is 13.2. The van der Waals surface area contributed by atoms with E-state index in [4.69, 9.17) is 19.3 Å². The smallest absolute Gasteiger partial charge is 0.462 e. The number of carbonyl (C=O) groups excluding carboxylic acids is 2. The van der Waals surface area contributed by atoms with Gasteiger partial charge < -0.3 is 19.3 Å². The lowest BCUT2D eigenvalue weighted by Crippen LogP contribution is -2.29. The number of rotatable bonds is 31. The summed E-state index contributed by atoms with van der Waals surface area (Å²) in [6, 6.07) is 0. The van der Waals surface area contributed by atoms with Crippen LogP contribution in [0.25, 0.3) is 0 Å². The number of hydrogen-bond donors (Lipinski definition) is 2. The first kappa shape index (κ1) is 43.8. The Morgan fingerprint density at radius 2 is 1.04 bits per heavy atom. The van der Waals surface area contributed by atoms with Gasteiger partial charge in [-0.05, 0) is 57.8 Å². The standard InChI is InChI=1S/C37H63O8P/c1-3-5-7-9-11-13-15-17-18-20-21-23-25-27-29-31-36(38)43-33-35(34-44-46(40,41)42)45-37(39)32-30-28-26-24-22-19-16-14-12-10-8-6-4-2/h6,8,10-17,35H,3-5,7,9,18-34H2,1-2H3,(H2,40,41,42)/b8-6+,12-10+,13-11+,16-14+,17-15+. The first-order valence-corrected chi connectivity index (χ1v) is 19.2. The fourth-order valence-electron chi connectivity index (χ4n) is 4.48. The Balaban J connectivity index is 4.06. The van der Waals surface area contributed by atoms with Crippen molar-refractivity contribution in [1.29, 1.82) is 0 Å². The van der Waals surface area contributed by atoms with Crippen molar-refractivity contribution in [2.75, 3.05) is 13.2 Å². The van der Waals surface area contributed by atoms with Gasteiger partial charge in [0.1, 0.15) is 6.61 Å². The van der Waals surface area contributed by atoms with Gasteiger partial charge in [0.25, 0.3) is 0 Å². The summed E-state index contributed by atoms with van der Waals surface area (Å²) in [6.07, 6.45) is 39.4. The minimum atomic E-state index is -4.76. The lowest BCUT2D eigenvalue weighted by Gasteiger charge is -2.18. The van der Waals surface area contributed by atoms with Gasteiger partial charge >= 0.3 is 19.8 Å². The Bertz CT molecular complexity index is 932. The van der Waals surface area contributed by atoms with E-state index in [-0.39, 0.29) is 19.4 Å². The molecule has 0 aromatic rings. The molecule has 0 saturated carbocycles. The Kier molecular flexibility index (Phi) is 31.1. The highest BCUT2D eigenvalue weighted by Gasteiger charge is 2.22. The molecule has 0 amide bonds. The average Bonchev–Trinajstić information content (AvgIpc) is 3.02. The van der Waals surface area contributed by atoms with Crippen LogP contribution in [0.3, 0.4) is 0 Å². The molecule has 0 aliphatic heterocycles. The van der Waals surface area contributed by atoms with Crippen LogP contribution in [0.4, 0.5) is 0 Å². The minimum absolute atomic E-state index is 0.183. The topological polar surface area (TPSA) is 119 Å². The Morgan fingerprint density at radius 3 is 1.57 bits per heavy atom. The first-order chi connectivity index (χ1) is 22.3. The predicted octanol–water partition coefficient (Wildman–Crippen LogP) is 10.2. The molecule has 0 aromatic carbocycles. The van der Waals surface area contributed by atoms with Crippen molar-refractivity contribution in [2.24, 2.45) is 0 Å². The lowest BCUT2D eigenvalue weighted by atomic mass is 10.1. The molecule has 0 fully saturated rings. The minimum Gasteiger partial charge on any atom is -0.462 e. The van der Waals surface area contributed by atoms with E-state index in [9.17, 15) is 14.2 Å². The van der Waals surface area contributed by atoms with Crippen molar-refractivity contribution in [3.8, 4) is 0 Å². The van der Waals surface area contributed by atoms with Crippen LogP contribution in [0.5, 0.6) is 0 Å². The number of phosphoric ester groups is 1. The van der Waals surface area contributed by atoms with Gasteiger partial charge in [-0.1, -0.05) is 132 Å². The van der Waals surface area contributed by atoms with Crippen molar-refractivity contribution in [3.63, 3.8) is 0 Å². The molecule has 1 unspecified atom stereocenters. The van der Waals surface area contributed by atoms with Gasteiger partial charge in [0.15, 0.2) is 6.10 Å². The zero-order chi connectivity index (χ0) is 34.0. The molecule has 0 rings (SSSR count). The molecule has 0 heterocycles. The van der Waals surface area contributed by atoms with Crippen LogP contribution >= 0.6 is 7.82 Å². The molecule has 2 N–H and O–H groups in total. The van der Waals surface area contributed by atoms with E-state index in [0.717, 1.165) is 83.5 Å². The third-order valence-electron chi connectivity index (χ3n) is 7.11. The van der Waals surface area contributed by atoms with Crippen molar-refractivity contribution < 1.29 is 37.9 Å². The molecular formula is C37H63O8P. The van der Waals surface area contributed by atoms with E-state index in [1.807, 2.05) is 18.2 Å². The summed E-state index contributed by atoms with van der Waals surface area (Å²) in [4.78, 5) is 42.6. The van der Waals surface area contributed by atoms with Gasteiger partial charge in [0, 0.05) is 12.8 Å². The van der Waals surface area contributed by atoms with Crippen LogP contribution in [0.2, 0.25) is 0 Å². The molecule has 8 nitrogen and oxygen atoms in total. The van der Waals surface area contributed by atoms with Crippen LogP contribution < -0.4 is 0 Å². The van der Waals surface area contributed by atoms with E-state index >= 15 is 0 Å². The SMILES string of the molecule is CC/C=C/C=C/C=C/CCCCCCCC(=O)OC(COC(=O)CCCCCCCC/C=C/C=C/CCCCC)COP(=O)(O)O. The van der Waals surface area contributed by atoms with Crippen LogP contribution in [0, 0.1) is 0 Å². The quantitative estimate of drug-likeness (QED) is 0.0325. The van der Waals surface area contributed by atoms with E-state index in [2.05, 4.69) is 60.9 Å². The highest BCUT2D eigenvalue weighted by Crippen LogP contribution is 2.35. The lowest BCUT2D eigenvalue weighted by molar-refractivity contribution is -0.161. The first-order valence-electron chi connectivity index (χ1n) is 17.6. The van der Waals surface area contributed by atoms with Crippen molar-refractivity contribution >= 4 is 19.8 Å². The molecule has 0 aliphatic carbocycles. The van der Waals surface area contributed by atoms with E-state index in [1.54, 1.807) is 0 Å². The van der Waals surface area contributed by atoms with Crippen molar-refractivity contribution in [3.05, 3.63) is 60.8 Å². The molecule has 0 radical (unpaired) electrons. The maximum atomic E-state index is 12.3. The van der Waals surface area contributed by atoms with Gasteiger partial charge in [-0.25, -0.2) is 4.57 Å². The molecular weight excluding hydrogens is 603 g/mol. The maximum absolute atomic E-state index is 12.3. The second kappa shape index (κ2) is 32.7. The third kappa shape index (κ3) is 34.6. The molecule has 0 spiro atoms. The highest BCUT2D eigenvalue weighted by atomic mass is 31.2. The fraction of sp³-hybridized carbons (Fsp3) is 0.676. The predicted molar refractivity (Wildman–Crippen MR) is 188 cm³/mol. The number of carbonyl (C=O) groups is 2. The molecule has 9 heteroatoms. The number of ether oxygens (including phenoxy) is 2. The summed E-state index contributed by atoms with van der Waals surface area (Å²) in [5, 5.41) is 0. The Hall–Kier alpha value is -2.25. The Morgan fingerprint density at radius 1 is 0.587 bits per heavy atom. The van der Waals surface area contributed by atoms with Gasteiger partial charge in [-0.15, -0.1) is 0 Å². The van der Waals surface area contributed by atoms with Crippen LogP contribution in [0.15, 0.2) is 60.8 Å². The summed E-state index contributed by atoms with van der Waals surface area (Å²) in [6.45, 7) is 3.46. The molecule has 0 aliphatic rings. The maximum Gasteiger partial charge on any atom is 0.469 e. The molecule has 0 aromatic heterocycles. The number of phosphoric acid groups is 1. The number of allylic oxidation sites excluding steroid dienone is 10. The van der Waals surface area contributed by atoms with E-state index < -0.39 is 32.5 Å². The fourth-order valence-corrected chi connectivity index (χ4v) is 4.84. The summed E-state index contributed by atoms with van der Waals surface area (Å²) in [5.74, 6) is -0.930. The van der Waals surface area contributed by atoms with Crippen LogP contribution in [-0.4, -0.2) is 41.0 Å². The number of unbranched alkanes of at least 4 members (excludes halogenated alkanes) is 14. The summed E-state index contributed by atoms with van der Waals surface area (Å²) in [7, 11) is -4.76. The largest absolute Gasteiger partial charge is 0.469 e. The molecule has 1 atom stereocenters. The molecule has 46 heavy (non-hydrogen) atoms. The zero-order valence-electron chi connectivity index (χ0n) is 28.7. The van der Waals surface area contributed by atoms with Crippen molar-refractivity contribution in [1.82, 2.24) is 0 Å². The van der Waals surface area contributed by atoms with Crippen LogP contribution in [0.1, 0.15) is 142 Å². The molecule has 0 bridgehead atoms. The second-order valence-electron chi connectivity index (χ2n) is 11.5. The molecule has 264 valence electrons. The van der Waals surface area contributed by atoms with Gasteiger partial charge in [-0.3, -0.25) is 14.1 Å². The van der Waals surface area contributed by atoms with E-state index in [1.165, 1.54) is 19.3 Å². The van der Waals surface area contributed by atoms with Gasteiger partial charge in [-0.2, -0.15) is 0 Å². The van der Waals surface area contributed by atoms with Gasteiger partial charge in [0.05, 0.1) is 6.61 Å². The zero-order valence-corrected chi connectivity index (χ0v) is 29.6. The monoisotopic (exact) mass is 666 g/mol. The second-order valence-corrected chi connectivity index (χ2v) is 12.8. The van der Waals surface area contributed by atoms with Crippen LogP contribution in [-0.2, 0) is 28.2 Å². The summed E-state index contributed by atoms with van der Waals surface area (Å²) in [5.41, 5.74) is 0. The highest BCUT2D eigenvalue weighted by molar-refractivity contribution is 7.46. The summed E-state index contributed by atoms with van der Waals surface area (Å²) < 4.78 is 26.2. The van der Waals surface area contributed by atoms with Gasteiger partial charge in [0.2, 0.25) is 0 Å². The van der Waals surface area contributed by atoms with E-state index in [0.29, 0.717) is 12.8 Å². The Labute approximate surface area is 279 Å². The third-order valence-corrected chi connectivity index (χ3v) is 7.59. The number of esters is 2.